The zero-order valence-electron chi connectivity index (χ0n) is 17.0. The van der Waals surface area contributed by atoms with Gasteiger partial charge in [-0.05, 0) is 62.2 Å². The highest BCUT2D eigenvalue weighted by molar-refractivity contribution is 5.81. The second-order valence-corrected chi connectivity index (χ2v) is 7.18. The molecule has 0 saturated carbocycles. The Morgan fingerprint density at radius 3 is 2.26 bits per heavy atom. The Kier molecular flexibility index (Phi) is 6.97. The fourth-order valence-corrected chi connectivity index (χ4v) is 3.37. The van der Waals surface area contributed by atoms with Crippen LogP contribution in [-0.4, -0.2) is 43.0 Å². The highest BCUT2D eigenvalue weighted by Crippen LogP contribution is 2.25. The van der Waals surface area contributed by atoms with Gasteiger partial charge >= 0.3 is 0 Å². The molecule has 0 aromatic heterocycles. The molecule has 0 radical (unpaired) electrons. The Morgan fingerprint density at radius 1 is 1.07 bits per heavy atom. The molecule has 2 aromatic rings. The molecule has 2 aromatic carbocycles. The van der Waals surface area contributed by atoms with E-state index in [1.54, 1.807) is 25.1 Å². The number of amides is 1. The van der Waals surface area contributed by atoms with Crippen LogP contribution >= 0.6 is 0 Å². The second kappa shape index (κ2) is 9.00. The van der Waals surface area contributed by atoms with Gasteiger partial charge in [0.15, 0.2) is 0 Å². The lowest BCUT2D eigenvalue weighted by atomic mass is 10.0. The first kappa shape index (κ1) is 20.9. The van der Waals surface area contributed by atoms with E-state index >= 15 is 0 Å². The van der Waals surface area contributed by atoms with E-state index in [1.165, 1.54) is 12.1 Å². The highest BCUT2D eigenvalue weighted by atomic mass is 19.1. The van der Waals surface area contributed by atoms with Gasteiger partial charge in [-0.3, -0.25) is 9.69 Å². The molecule has 0 saturated heterocycles. The lowest BCUT2D eigenvalue weighted by Gasteiger charge is -2.28. The summed E-state index contributed by atoms with van der Waals surface area (Å²) in [6.45, 7) is 6.99. The lowest BCUT2D eigenvalue weighted by Crippen LogP contribution is -2.43. The highest BCUT2D eigenvalue weighted by Gasteiger charge is 2.22. The largest absolute Gasteiger partial charge is 0.496 e. The van der Waals surface area contributed by atoms with Gasteiger partial charge in [0, 0.05) is 20.1 Å². The minimum atomic E-state index is -0.288. The third kappa shape index (κ3) is 5.30. The number of nitrogens with zero attached hydrogens (tertiary/aromatic N) is 2. The summed E-state index contributed by atoms with van der Waals surface area (Å²) in [7, 11) is 5.36. The van der Waals surface area contributed by atoms with E-state index in [2.05, 4.69) is 12.1 Å². The van der Waals surface area contributed by atoms with Crippen molar-refractivity contribution in [3.05, 3.63) is 64.5 Å². The fourth-order valence-electron chi connectivity index (χ4n) is 3.37. The third-order valence-corrected chi connectivity index (χ3v) is 4.86. The topological polar surface area (TPSA) is 32.8 Å². The molecule has 0 aliphatic carbocycles. The van der Waals surface area contributed by atoms with Crippen molar-refractivity contribution in [1.82, 2.24) is 9.80 Å². The van der Waals surface area contributed by atoms with E-state index in [0.717, 1.165) is 28.0 Å². The molecule has 4 nitrogen and oxygen atoms in total. The van der Waals surface area contributed by atoms with Crippen LogP contribution in [0.1, 0.15) is 29.2 Å². The lowest BCUT2D eigenvalue weighted by molar-refractivity contribution is -0.135. The van der Waals surface area contributed by atoms with E-state index in [0.29, 0.717) is 13.1 Å². The average Bonchev–Trinajstić information content (AvgIpc) is 2.60. The van der Waals surface area contributed by atoms with Crippen LogP contribution in [0.25, 0.3) is 0 Å². The van der Waals surface area contributed by atoms with Gasteiger partial charge in [0.2, 0.25) is 5.91 Å². The van der Waals surface area contributed by atoms with Crippen molar-refractivity contribution < 1.29 is 13.9 Å². The van der Waals surface area contributed by atoms with Crippen LogP contribution in [0.3, 0.4) is 0 Å². The standard InChI is InChI=1S/C22H29FN2O2/c1-15-10-19(11-16(2)21(15)27-6)14-24(4)17(3)22(26)25(5)13-18-8-7-9-20(23)12-18/h7-12,17H,13-14H2,1-6H3. The molecule has 1 amide bonds. The van der Waals surface area contributed by atoms with Gasteiger partial charge in [0.1, 0.15) is 11.6 Å². The molecule has 0 spiro atoms. The van der Waals surface area contributed by atoms with Gasteiger partial charge in [0.05, 0.1) is 13.2 Å². The maximum atomic E-state index is 13.3. The van der Waals surface area contributed by atoms with E-state index in [-0.39, 0.29) is 17.8 Å². The van der Waals surface area contributed by atoms with Crippen LogP contribution in [-0.2, 0) is 17.9 Å². The van der Waals surface area contributed by atoms with Gasteiger partial charge < -0.3 is 9.64 Å². The minimum Gasteiger partial charge on any atom is -0.496 e. The van der Waals surface area contributed by atoms with E-state index in [4.69, 9.17) is 4.74 Å². The van der Waals surface area contributed by atoms with Crippen LogP contribution < -0.4 is 4.74 Å². The summed E-state index contributed by atoms with van der Waals surface area (Å²) in [4.78, 5) is 16.4. The number of halogens is 1. The summed E-state index contributed by atoms with van der Waals surface area (Å²) in [5.74, 6) is 0.618. The smallest absolute Gasteiger partial charge is 0.239 e. The predicted molar refractivity (Wildman–Crippen MR) is 106 cm³/mol. The summed E-state index contributed by atoms with van der Waals surface area (Å²) in [5.41, 5.74) is 4.09. The monoisotopic (exact) mass is 372 g/mol. The van der Waals surface area contributed by atoms with Gasteiger partial charge in [0.25, 0.3) is 0 Å². The molecule has 5 heteroatoms. The molecular weight excluding hydrogens is 343 g/mol. The normalized spacial score (nSPS) is 12.1. The molecule has 1 unspecified atom stereocenters. The number of benzene rings is 2. The first-order valence-electron chi connectivity index (χ1n) is 9.06. The zero-order valence-corrected chi connectivity index (χ0v) is 17.0. The minimum absolute atomic E-state index is 0.00344. The van der Waals surface area contributed by atoms with Crippen molar-refractivity contribution >= 4 is 5.91 Å². The Morgan fingerprint density at radius 2 is 1.70 bits per heavy atom. The van der Waals surface area contributed by atoms with Crippen LogP contribution in [0.2, 0.25) is 0 Å². The summed E-state index contributed by atoms with van der Waals surface area (Å²) in [5, 5.41) is 0. The SMILES string of the molecule is COc1c(C)cc(CN(C)C(C)C(=O)N(C)Cc2cccc(F)c2)cc1C. The fraction of sp³-hybridized carbons (Fsp3) is 0.409. The van der Waals surface area contributed by atoms with Gasteiger partial charge in [-0.1, -0.05) is 24.3 Å². The number of carbonyl (C=O) groups excluding carboxylic acids is 1. The van der Waals surface area contributed by atoms with E-state index in [1.807, 2.05) is 38.8 Å². The number of hydrogen-bond donors (Lipinski definition) is 0. The second-order valence-electron chi connectivity index (χ2n) is 7.18. The van der Waals surface area contributed by atoms with Crippen LogP contribution in [0.15, 0.2) is 36.4 Å². The molecule has 0 fully saturated rings. The Bertz CT molecular complexity index is 784. The molecule has 0 N–H and O–H groups in total. The maximum absolute atomic E-state index is 13.3. The summed E-state index contributed by atoms with van der Waals surface area (Å²) in [6, 6.07) is 10.2. The Hall–Kier alpha value is -2.40. The van der Waals surface area contributed by atoms with Crippen molar-refractivity contribution in [2.45, 2.75) is 39.9 Å². The first-order chi connectivity index (χ1) is 12.7. The molecule has 2 rings (SSSR count). The Labute approximate surface area is 161 Å². The van der Waals surface area contributed by atoms with E-state index in [9.17, 15) is 9.18 Å². The molecule has 146 valence electrons. The van der Waals surface area contributed by atoms with Crippen molar-refractivity contribution in [3.63, 3.8) is 0 Å². The number of rotatable bonds is 7. The summed E-state index contributed by atoms with van der Waals surface area (Å²) >= 11 is 0. The van der Waals surface area contributed by atoms with Crippen molar-refractivity contribution in [1.29, 1.82) is 0 Å². The van der Waals surface area contributed by atoms with Crippen molar-refractivity contribution in [3.8, 4) is 5.75 Å². The molecule has 1 atom stereocenters. The zero-order chi connectivity index (χ0) is 20.1. The predicted octanol–water partition coefficient (Wildman–Crippen LogP) is 3.93. The van der Waals surface area contributed by atoms with Gasteiger partial charge in [-0.2, -0.15) is 0 Å². The maximum Gasteiger partial charge on any atom is 0.239 e. The van der Waals surface area contributed by atoms with Crippen molar-refractivity contribution in [2.24, 2.45) is 0 Å². The number of ether oxygens (including phenoxy) is 1. The number of carbonyl (C=O) groups is 1. The van der Waals surface area contributed by atoms with Crippen LogP contribution in [0.4, 0.5) is 4.39 Å². The number of hydrogen-bond acceptors (Lipinski definition) is 3. The molecule has 27 heavy (non-hydrogen) atoms. The van der Waals surface area contributed by atoms with Crippen LogP contribution in [0, 0.1) is 19.7 Å². The third-order valence-electron chi connectivity index (χ3n) is 4.86. The number of methoxy groups -OCH3 is 1. The molecular formula is C22H29FN2O2. The summed E-state index contributed by atoms with van der Waals surface area (Å²) < 4.78 is 18.8. The van der Waals surface area contributed by atoms with Gasteiger partial charge in [-0.25, -0.2) is 4.39 Å². The van der Waals surface area contributed by atoms with Crippen molar-refractivity contribution in [2.75, 3.05) is 21.2 Å². The number of aryl methyl sites for hydroxylation is 2. The molecule has 0 heterocycles. The summed E-state index contributed by atoms with van der Waals surface area (Å²) in [6.07, 6.45) is 0. The average molecular weight is 372 g/mol. The molecule has 0 aliphatic rings. The Balaban J connectivity index is 2.03. The number of likely N-dealkylation sites (N-methyl/N-ethyl adjacent to an activating group) is 2. The molecule has 0 aliphatic heterocycles. The quantitative estimate of drug-likeness (QED) is 0.738. The molecule has 0 bridgehead atoms. The van der Waals surface area contributed by atoms with Crippen LogP contribution in [0.5, 0.6) is 5.75 Å². The first-order valence-corrected chi connectivity index (χ1v) is 9.06. The van der Waals surface area contributed by atoms with Gasteiger partial charge in [-0.15, -0.1) is 0 Å². The van der Waals surface area contributed by atoms with E-state index < -0.39 is 0 Å².